The normalized spacial score (nSPS) is 10.3. The van der Waals surface area contributed by atoms with E-state index in [-0.39, 0.29) is 18.2 Å². The molecular weight excluding hydrogens is 356 g/mol. The first-order valence-electron chi connectivity index (χ1n) is 7.76. The summed E-state index contributed by atoms with van der Waals surface area (Å²) in [5.74, 6) is -0.246. The number of hydrogen-bond donors (Lipinski definition) is 2. The average molecular weight is 371 g/mol. The molecule has 0 unspecified atom stereocenters. The van der Waals surface area contributed by atoms with Gasteiger partial charge in [-0.1, -0.05) is 23.7 Å². The number of carbonyl (C=O) groups is 2. The fourth-order valence-electron chi connectivity index (χ4n) is 2.20. The Morgan fingerprint density at radius 1 is 1.12 bits per heavy atom. The fraction of sp³-hybridized carbons (Fsp3) is 0.118. The minimum absolute atomic E-state index is 0.206. The zero-order valence-corrected chi connectivity index (χ0v) is 14.3. The number of carbonyl (C=O) groups excluding carboxylic acids is 2. The lowest BCUT2D eigenvalue weighted by Gasteiger charge is -2.11. The number of aryl methyl sites for hydroxylation is 1. The molecule has 2 amide bonds. The van der Waals surface area contributed by atoms with Crippen molar-refractivity contribution in [3.8, 4) is 0 Å². The third-order valence-electron chi connectivity index (χ3n) is 3.45. The summed E-state index contributed by atoms with van der Waals surface area (Å²) in [4.78, 5) is 32.5. The maximum Gasteiger partial charge on any atom is 0.258 e. The average Bonchev–Trinajstić information content (AvgIpc) is 3.16. The molecule has 0 fully saturated rings. The summed E-state index contributed by atoms with van der Waals surface area (Å²) in [6.07, 6.45) is 4.59. The van der Waals surface area contributed by atoms with Gasteiger partial charge in [0.05, 0.1) is 22.8 Å². The van der Waals surface area contributed by atoms with E-state index in [2.05, 4.69) is 25.7 Å². The number of para-hydroxylation sites is 1. The third-order valence-corrected chi connectivity index (χ3v) is 3.67. The molecule has 0 aliphatic carbocycles. The second kappa shape index (κ2) is 8.21. The third kappa shape index (κ3) is 4.64. The topological polar surface area (TPSA) is 102 Å². The Labute approximate surface area is 154 Å². The summed E-state index contributed by atoms with van der Waals surface area (Å²) < 4.78 is 1.56. The lowest BCUT2D eigenvalue weighted by atomic mass is 10.1. The molecule has 0 saturated carbocycles. The quantitative estimate of drug-likeness (QED) is 0.694. The van der Waals surface area contributed by atoms with Crippen molar-refractivity contribution in [1.29, 1.82) is 0 Å². The van der Waals surface area contributed by atoms with Gasteiger partial charge in [-0.15, -0.1) is 0 Å². The smallest absolute Gasteiger partial charge is 0.258 e. The molecule has 2 N–H and O–H groups in total. The van der Waals surface area contributed by atoms with Crippen LogP contribution in [-0.4, -0.2) is 31.6 Å². The Morgan fingerprint density at radius 3 is 2.69 bits per heavy atom. The maximum absolute atomic E-state index is 12.5. The van der Waals surface area contributed by atoms with Crippen molar-refractivity contribution in [3.05, 3.63) is 65.8 Å². The van der Waals surface area contributed by atoms with E-state index in [4.69, 9.17) is 11.6 Å². The zero-order valence-electron chi connectivity index (χ0n) is 13.6. The second-order valence-corrected chi connectivity index (χ2v) is 5.75. The number of rotatable bonds is 6. The molecule has 0 atom stereocenters. The van der Waals surface area contributed by atoms with E-state index in [1.165, 1.54) is 18.9 Å². The molecule has 0 saturated heterocycles. The fourth-order valence-corrected chi connectivity index (χ4v) is 2.31. The number of pyridine rings is 1. The van der Waals surface area contributed by atoms with Gasteiger partial charge in [-0.05, 0) is 24.3 Å². The van der Waals surface area contributed by atoms with Crippen LogP contribution >= 0.6 is 11.6 Å². The molecule has 9 heteroatoms. The molecule has 1 aromatic carbocycles. The molecule has 0 aliphatic rings. The Kier molecular flexibility index (Phi) is 5.55. The van der Waals surface area contributed by atoms with Gasteiger partial charge in [0.25, 0.3) is 5.91 Å². The molecule has 132 valence electrons. The Hall–Kier alpha value is -3.26. The van der Waals surface area contributed by atoms with E-state index < -0.39 is 0 Å². The van der Waals surface area contributed by atoms with Gasteiger partial charge in [-0.2, -0.15) is 5.10 Å². The van der Waals surface area contributed by atoms with Crippen molar-refractivity contribution < 1.29 is 9.59 Å². The first-order chi connectivity index (χ1) is 12.6. The maximum atomic E-state index is 12.5. The second-order valence-electron chi connectivity index (χ2n) is 5.32. The van der Waals surface area contributed by atoms with Crippen LogP contribution in [-0.2, 0) is 11.3 Å². The number of halogens is 1. The van der Waals surface area contributed by atoms with Crippen molar-refractivity contribution in [2.75, 3.05) is 10.6 Å². The van der Waals surface area contributed by atoms with Crippen LogP contribution in [0.2, 0.25) is 5.02 Å². The number of aromatic nitrogens is 4. The van der Waals surface area contributed by atoms with Crippen molar-refractivity contribution in [2.45, 2.75) is 13.0 Å². The Bertz CT molecular complexity index is 896. The van der Waals surface area contributed by atoms with Crippen molar-refractivity contribution >= 4 is 34.9 Å². The first-order valence-corrected chi connectivity index (χ1v) is 8.14. The van der Waals surface area contributed by atoms with Gasteiger partial charge in [-0.3, -0.25) is 14.3 Å². The molecule has 2 aromatic heterocycles. The van der Waals surface area contributed by atoms with Gasteiger partial charge in [0.2, 0.25) is 5.91 Å². The van der Waals surface area contributed by atoms with Gasteiger partial charge >= 0.3 is 0 Å². The van der Waals surface area contributed by atoms with Gasteiger partial charge < -0.3 is 10.6 Å². The van der Waals surface area contributed by atoms with Gasteiger partial charge in [0.1, 0.15) is 18.5 Å². The van der Waals surface area contributed by atoms with Gasteiger partial charge in [0, 0.05) is 12.6 Å². The SMILES string of the molecule is O=C(CCn1cncn1)Nc1ccccc1C(=O)Nc1ccc(Cl)cn1. The van der Waals surface area contributed by atoms with Gasteiger partial charge in [0.15, 0.2) is 0 Å². The number of hydrogen-bond acceptors (Lipinski definition) is 5. The van der Waals surface area contributed by atoms with Crippen LogP contribution in [0.4, 0.5) is 11.5 Å². The lowest BCUT2D eigenvalue weighted by Crippen LogP contribution is -2.19. The number of benzene rings is 1. The molecule has 0 radical (unpaired) electrons. The molecule has 26 heavy (non-hydrogen) atoms. The Balaban J connectivity index is 1.66. The number of anilines is 2. The highest BCUT2D eigenvalue weighted by atomic mass is 35.5. The monoisotopic (exact) mass is 370 g/mol. The summed E-state index contributed by atoms with van der Waals surface area (Å²) in [7, 11) is 0. The van der Waals surface area contributed by atoms with Crippen LogP contribution in [0.25, 0.3) is 0 Å². The van der Waals surface area contributed by atoms with E-state index in [1.54, 1.807) is 41.1 Å². The highest BCUT2D eigenvalue weighted by Crippen LogP contribution is 2.18. The summed E-state index contributed by atoms with van der Waals surface area (Å²) in [6.45, 7) is 0.398. The van der Waals surface area contributed by atoms with Crippen molar-refractivity contribution in [2.24, 2.45) is 0 Å². The minimum atomic E-state index is -0.382. The summed E-state index contributed by atoms with van der Waals surface area (Å²) in [6, 6.07) is 9.97. The number of nitrogens with zero attached hydrogens (tertiary/aromatic N) is 4. The van der Waals surface area contributed by atoms with Crippen LogP contribution < -0.4 is 10.6 Å². The van der Waals surface area contributed by atoms with E-state index in [0.717, 1.165) is 0 Å². The van der Waals surface area contributed by atoms with E-state index in [0.29, 0.717) is 28.6 Å². The lowest BCUT2D eigenvalue weighted by molar-refractivity contribution is -0.116. The molecule has 8 nitrogen and oxygen atoms in total. The molecule has 0 spiro atoms. The predicted octanol–water partition coefficient (Wildman–Crippen LogP) is 2.61. The van der Waals surface area contributed by atoms with Gasteiger partial charge in [-0.25, -0.2) is 9.97 Å². The first kappa shape index (κ1) is 17.6. The van der Waals surface area contributed by atoms with Crippen LogP contribution in [0.3, 0.4) is 0 Å². The van der Waals surface area contributed by atoms with E-state index in [1.807, 2.05) is 0 Å². The van der Waals surface area contributed by atoms with Crippen LogP contribution in [0.5, 0.6) is 0 Å². The van der Waals surface area contributed by atoms with E-state index in [9.17, 15) is 9.59 Å². The molecule has 0 bridgehead atoms. The van der Waals surface area contributed by atoms with Crippen molar-refractivity contribution in [3.63, 3.8) is 0 Å². The number of amides is 2. The molecule has 3 aromatic rings. The van der Waals surface area contributed by atoms with Crippen LogP contribution in [0, 0.1) is 0 Å². The van der Waals surface area contributed by atoms with Crippen LogP contribution in [0.15, 0.2) is 55.2 Å². The zero-order chi connectivity index (χ0) is 18.4. The largest absolute Gasteiger partial charge is 0.325 e. The molecule has 0 aliphatic heterocycles. The summed E-state index contributed by atoms with van der Waals surface area (Å²) in [5, 5.41) is 9.83. The summed E-state index contributed by atoms with van der Waals surface area (Å²) in [5.41, 5.74) is 0.751. The van der Waals surface area contributed by atoms with Crippen molar-refractivity contribution in [1.82, 2.24) is 19.7 Å². The highest BCUT2D eigenvalue weighted by molar-refractivity contribution is 6.30. The molecular formula is C17H15ClN6O2. The predicted molar refractivity (Wildman–Crippen MR) is 96.9 cm³/mol. The van der Waals surface area contributed by atoms with E-state index >= 15 is 0 Å². The minimum Gasteiger partial charge on any atom is -0.325 e. The standard InChI is InChI=1S/C17H15ClN6O2/c18-12-5-6-15(20-9-12)23-17(26)13-3-1-2-4-14(13)22-16(25)7-8-24-11-19-10-21-24/h1-6,9-11H,7-8H2,(H,22,25)(H,20,23,26). The summed E-state index contributed by atoms with van der Waals surface area (Å²) >= 11 is 5.78. The molecule has 2 heterocycles. The van der Waals surface area contributed by atoms with Crippen LogP contribution in [0.1, 0.15) is 16.8 Å². The molecule has 3 rings (SSSR count). The highest BCUT2D eigenvalue weighted by Gasteiger charge is 2.14. The number of nitrogens with one attached hydrogen (secondary N) is 2. The Morgan fingerprint density at radius 2 is 1.96 bits per heavy atom.